The maximum Gasteiger partial charge on any atom is 0.248 e. The largest absolute Gasteiger partial charge is 0.366 e. The number of rotatable bonds is 3. The molecule has 1 atom stereocenters. The van der Waals surface area contributed by atoms with Crippen molar-refractivity contribution in [3.05, 3.63) is 29.8 Å². The molecule has 1 aromatic carbocycles. The van der Waals surface area contributed by atoms with E-state index < -0.39 is 15.9 Å². The summed E-state index contributed by atoms with van der Waals surface area (Å²) in [5.74, 6) is -0.581. The lowest BCUT2D eigenvalue weighted by Gasteiger charge is -2.15. The lowest BCUT2D eigenvalue weighted by Crippen LogP contribution is -2.32. The second-order valence-corrected chi connectivity index (χ2v) is 6.24. The Balaban J connectivity index is 0.00000180. The molecule has 4 N–H and O–H groups in total. The highest BCUT2D eigenvalue weighted by atomic mass is 35.5. The summed E-state index contributed by atoms with van der Waals surface area (Å²) in [5, 5.41) is 0. The van der Waals surface area contributed by atoms with Crippen LogP contribution in [0.2, 0.25) is 0 Å². The average molecular weight is 306 g/mol. The summed E-state index contributed by atoms with van der Waals surface area (Å²) in [6, 6.07) is 5.49. The fourth-order valence-electron chi connectivity index (χ4n) is 1.91. The lowest BCUT2D eigenvalue weighted by atomic mass is 10.2. The van der Waals surface area contributed by atoms with Crippen molar-refractivity contribution in [1.82, 2.24) is 4.31 Å². The summed E-state index contributed by atoms with van der Waals surface area (Å²) in [6.07, 6.45) is 0.665. The van der Waals surface area contributed by atoms with E-state index >= 15 is 0 Å². The third-order valence-electron chi connectivity index (χ3n) is 2.96. The van der Waals surface area contributed by atoms with Crippen molar-refractivity contribution in [1.29, 1.82) is 0 Å². The van der Waals surface area contributed by atoms with E-state index in [9.17, 15) is 13.2 Å². The number of hydrogen-bond acceptors (Lipinski definition) is 4. The van der Waals surface area contributed by atoms with E-state index in [-0.39, 0.29) is 28.9 Å². The van der Waals surface area contributed by atoms with Crippen LogP contribution in [0.1, 0.15) is 16.8 Å². The van der Waals surface area contributed by atoms with Gasteiger partial charge in [-0.2, -0.15) is 4.31 Å². The minimum absolute atomic E-state index is 0. The molecule has 0 radical (unpaired) electrons. The molecule has 1 heterocycles. The zero-order chi connectivity index (χ0) is 13.3. The van der Waals surface area contributed by atoms with Gasteiger partial charge in [-0.3, -0.25) is 4.79 Å². The van der Waals surface area contributed by atoms with Gasteiger partial charge >= 0.3 is 0 Å². The van der Waals surface area contributed by atoms with E-state index in [1.165, 1.54) is 28.6 Å². The normalized spacial score (nSPS) is 19.9. The molecule has 0 aliphatic carbocycles. The van der Waals surface area contributed by atoms with E-state index in [4.69, 9.17) is 11.5 Å². The number of halogens is 1. The number of nitrogens with zero attached hydrogens (tertiary/aromatic N) is 1. The quantitative estimate of drug-likeness (QED) is 0.815. The van der Waals surface area contributed by atoms with Crippen LogP contribution in [0.15, 0.2) is 29.2 Å². The van der Waals surface area contributed by atoms with Crippen LogP contribution in [0.4, 0.5) is 0 Å². The van der Waals surface area contributed by atoms with Crippen molar-refractivity contribution in [2.75, 3.05) is 13.1 Å². The van der Waals surface area contributed by atoms with Crippen molar-refractivity contribution < 1.29 is 13.2 Å². The molecule has 1 aromatic rings. The van der Waals surface area contributed by atoms with E-state index in [0.717, 1.165) is 0 Å². The third kappa shape index (κ3) is 3.24. The predicted molar refractivity (Wildman–Crippen MR) is 73.6 cm³/mol. The minimum Gasteiger partial charge on any atom is -0.366 e. The van der Waals surface area contributed by atoms with Crippen molar-refractivity contribution in [3.63, 3.8) is 0 Å². The molecule has 1 aliphatic heterocycles. The Morgan fingerprint density at radius 2 is 1.84 bits per heavy atom. The number of nitrogens with two attached hydrogens (primary N) is 2. The van der Waals surface area contributed by atoms with E-state index in [1.807, 2.05) is 0 Å². The van der Waals surface area contributed by atoms with Gasteiger partial charge in [0.1, 0.15) is 0 Å². The number of benzene rings is 1. The number of sulfonamides is 1. The van der Waals surface area contributed by atoms with Crippen LogP contribution in [-0.2, 0) is 10.0 Å². The first-order valence-electron chi connectivity index (χ1n) is 5.57. The maximum atomic E-state index is 12.2. The van der Waals surface area contributed by atoms with E-state index in [2.05, 4.69) is 0 Å². The van der Waals surface area contributed by atoms with Crippen molar-refractivity contribution >= 4 is 28.3 Å². The Bertz CT molecular complexity index is 559. The van der Waals surface area contributed by atoms with Gasteiger partial charge in [-0.25, -0.2) is 8.42 Å². The molecule has 0 aromatic heterocycles. The van der Waals surface area contributed by atoms with Crippen LogP contribution in [0.5, 0.6) is 0 Å². The molecule has 1 saturated heterocycles. The van der Waals surface area contributed by atoms with Crippen molar-refractivity contribution in [2.45, 2.75) is 17.4 Å². The van der Waals surface area contributed by atoms with Crippen LogP contribution < -0.4 is 11.5 Å². The van der Waals surface area contributed by atoms with Gasteiger partial charge in [-0.1, -0.05) is 0 Å². The molecule has 106 valence electrons. The summed E-state index contributed by atoms with van der Waals surface area (Å²) in [5.41, 5.74) is 11.1. The highest BCUT2D eigenvalue weighted by Gasteiger charge is 2.30. The first kappa shape index (κ1) is 15.9. The number of hydrogen-bond donors (Lipinski definition) is 2. The van der Waals surface area contributed by atoms with Crippen LogP contribution >= 0.6 is 12.4 Å². The van der Waals surface area contributed by atoms with Gasteiger partial charge in [0.15, 0.2) is 0 Å². The van der Waals surface area contributed by atoms with Crippen LogP contribution in [0.3, 0.4) is 0 Å². The number of carbonyl (C=O) groups is 1. The smallest absolute Gasteiger partial charge is 0.248 e. The van der Waals surface area contributed by atoms with E-state index in [1.54, 1.807) is 0 Å². The predicted octanol–water partition coefficient (Wildman–Crippen LogP) is -0.0710. The molecule has 1 aliphatic rings. The van der Waals surface area contributed by atoms with Gasteiger partial charge in [0.25, 0.3) is 0 Å². The zero-order valence-corrected chi connectivity index (χ0v) is 11.8. The molecule has 2 rings (SSSR count). The average Bonchev–Trinajstić information content (AvgIpc) is 2.76. The molecule has 1 fully saturated rings. The molecule has 0 unspecified atom stereocenters. The van der Waals surface area contributed by atoms with Gasteiger partial charge in [0.2, 0.25) is 15.9 Å². The fourth-order valence-corrected chi connectivity index (χ4v) is 3.42. The van der Waals surface area contributed by atoms with Crippen molar-refractivity contribution in [2.24, 2.45) is 11.5 Å². The fraction of sp³-hybridized carbons (Fsp3) is 0.364. The second kappa shape index (κ2) is 5.87. The summed E-state index contributed by atoms with van der Waals surface area (Å²) < 4.78 is 25.8. The Hall–Kier alpha value is -1.15. The molecule has 0 saturated carbocycles. The molecule has 1 amide bonds. The number of carbonyl (C=O) groups excluding carboxylic acids is 1. The molecule has 8 heteroatoms. The topological polar surface area (TPSA) is 106 Å². The monoisotopic (exact) mass is 305 g/mol. The van der Waals surface area contributed by atoms with Crippen molar-refractivity contribution in [3.8, 4) is 0 Å². The Morgan fingerprint density at radius 1 is 1.26 bits per heavy atom. The summed E-state index contributed by atoms with van der Waals surface area (Å²) in [7, 11) is -3.51. The first-order valence-corrected chi connectivity index (χ1v) is 7.01. The lowest BCUT2D eigenvalue weighted by molar-refractivity contribution is 0.1000. The van der Waals surface area contributed by atoms with Gasteiger partial charge in [-0.15, -0.1) is 12.4 Å². The maximum absolute atomic E-state index is 12.2. The Morgan fingerprint density at radius 3 is 2.26 bits per heavy atom. The first-order chi connectivity index (χ1) is 8.41. The molecular formula is C11H16ClN3O3S. The third-order valence-corrected chi connectivity index (χ3v) is 4.84. The molecule has 0 spiro atoms. The van der Waals surface area contributed by atoms with Gasteiger partial charge in [0, 0.05) is 24.7 Å². The highest BCUT2D eigenvalue weighted by molar-refractivity contribution is 7.89. The van der Waals surface area contributed by atoms with Crippen LogP contribution in [-0.4, -0.2) is 37.8 Å². The minimum atomic E-state index is -3.51. The summed E-state index contributed by atoms with van der Waals surface area (Å²) in [4.78, 5) is 11.1. The Kier molecular flexibility index (Phi) is 4.92. The second-order valence-electron chi connectivity index (χ2n) is 4.30. The molecule has 0 bridgehead atoms. The van der Waals surface area contributed by atoms with Gasteiger partial charge in [-0.05, 0) is 30.7 Å². The summed E-state index contributed by atoms with van der Waals surface area (Å²) in [6.45, 7) is 0.765. The van der Waals surface area contributed by atoms with Crippen LogP contribution in [0, 0.1) is 0 Å². The number of primary amides is 1. The standard InChI is InChI=1S/C11H15N3O3S.ClH/c12-9-5-6-14(7-9)18(16,17)10-3-1-8(2-4-10)11(13)15;/h1-4,9H,5-7,12H2,(H2,13,15);1H/t9-;/m0./s1. The van der Waals surface area contributed by atoms with Crippen LogP contribution in [0.25, 0.3) is 0 Å². The number of amides is 1. The Labute approximate surface area is 118 Å². The molecule has 19 heavy (non-hydrogen) atoms. The summed E-state index contributed by atoms with van der Waals surface area (Å²) >= 11 is 0. The SMILES string of the molecule is Cl.NC(=O)c1ccc(S(=O)(=O)N2CC[C@H](N)C2)cc1. The zero-order valence-electron chi connectivity index (χ0n) is 10.2. The molecular weight excluding hydrogens is 290 g/mol. The molecule has 6 nitrogen and oxygen atoms in total. The van der Waals surface area contributed by atoms with E-state index in [0.29, 0.717) is 19.5 Å². The van der Waals surface area contributed by atoms with Gasteiger partial charge < -0.3 is 11.5 Å². The highest BCUT2D eigenvalue weighted by Crippen LogP contribution is 2.20. The van der Waals surface area contributed by atoms with Gasteiger partial charge in [0.05, 0.1) is 4.90 Å².